The molecule has 0 aliphatic carbocycles. The summed E-state index contributed by atoms with van der Waals surface area (Å²) in [6.07, 6.45) is 66.1. The van der Waals surface area contributed by atoms with Crippen LogP contribution in [0.1, 0.15) is 329 Å². The molecule has 0 aromatic carbocycles. The number of esters is 1. The van der Waals surface area contributed by atoms with Crippen molar-refractivity contribution in [3.63, 3.8) is 0 Å². The Hall–Kier alpha value is -1.51. The predicted octanol–water partition coefficient (Wildman–Crippen LogP) is 20.1. The van der Waals surface area contributed by atoms with E-state index in [1.807, 2.05) is 33.3 Å². The van der Waals surface area contributed by atoms with Crippen LogP contribution in [0, 0.1) is 0 Å². The van der Waals surface area contributed by atoms with Gasteiger partial charge in [-0.3, -0.25) is 18.6 Å². The van der Waals surface area contributed by atoms with Crippen LogP contribution in [0.4, 0.5) is 0 Å². The SMILES string of the molecule is CCCCCC/C=C\CCCCCCCCCC(=O)OC(/C=C\CCCCCCCCCCC)C(COP(=O)(O)OCC[N+](C)(C)C)NC(=O)CCCCCCCCCCCCCCCCCCCCCCCCC. The number of amides is 1. The molecule has 3 unspecified atom stereocenters. The third kappa shape index (κ3) is 57.0. The van der Waals surface area contributed by atoms with Gasteiger partial charge in [-0.2, -0.15) is 0 Å². The predicted molar refractivity (Wildman–Crippen MR) is 323 cm³/mol. The number of carbonyl (C=O) groups excluding carboxylic acids is 2. The number of hydrogen-bond donors (Lipinski definition) is 2. The second-order valence-corrected chi connectivity index (χ2v) is 25.1. The first kappa shape index (κ1) is 73.5. The summed E-state index contributed by atoms with van der Waals surface area (Å²) in [7, 11) is 1.51. The van der Waals surface area contributed by atoms with E-state index in [1.54, 1.807) is 0 Å². The van der Waals surface area contributed by atoms with E-state index in [1.165, 1.54) is 238 Å². The van der Waals surface area contributed by atoms with Crippen molar-refractivity contribution in [3.8, 4) is 0 Å². The molecule has 0 spiro atoms. The Labute approximate surface area is 466 Å². The monoisotopic (exact) mass is 1080 g/mol. The maximum Gasteiger partial charge on any atom is 0.472 e. The number of ether oxygens (including phenoxy) is 1. The zero-order valence-electron chi connectivity index (χ0n) is 50.8. The molecule has 1 amide bonds. The van der Waals surface area contributed by atoms with Crippen molar-refractivity contribution in [2.75, 3.05) is 40.9 Å². The third-order valence-corrected chi connectivity index (χ3v) is 15.9. The molecule has 0 radical (unpaired) electrons. The lowest BCUT2D eigenvalue weighted by Gasteiger charge is -2.27. The molecule has 3 atom stereocenters. The number of rotatable bonds is 60. The summed E-state index contributed by atoms with van der Waals surface area (Å²) in [4.78, 5) is 37.7. The summed E-state index contributed by atoms with van der Waals surface area (Å²) in [5.41, 5.74) is 0. The number of hydrogen-bond acceptors (Lipinski definition) is 6. The first-order valence-corrected chi connectivity index (χ1v) is 34.2. The number of likely N-dealkylation sites (N-methyl/N-ethyl adjacent to an activating group) is 1. The van der Waals surface area contributed by atoms with Gasteiger partial charge in [0.1, 0.15) is 19.3 Å². The average Bonchev–Trinajstić information content (AvgIpc) is 3.37. The van der Waals surface area contributed by atoms with E-state index in [-0.39, 0.29) is 25.1 Å². The first-order valence-electron chi connectivity index (χ1n) is 32.7. The maximum absolute atomic E-state index is 13.6. The Bertz CT molecular complexity index is 1340. The van der Waals surface area contributed by atoms with Gasteiger partial charge in [-0.05, 0) is 57.4 Å². The highest BCUT2D eigenvalue weighted by atomic mass is 31.2. The van der Waals surface area contributed by atoms with Gasteiger partial charge >= 0.3 is 13.8 Å². The smallest absolute Gasteiger partial charge is 0.456 e. The molecule has 0 bridgehead atoms. The standard InChI is InChI=1S/C65H127N2O7P/c1-7-10-13-16-19-22-25-27-29-30-31-32-33-34-35-36-38-39-42-45-48-51-54-57-64(68)66-62(61-73-75(70,71)72-60-59-67(4,5)6)63(56-53-50-47-44-41-24-21-18-15-12-9-3)74-65(69)58-55-52-49-46-43-40-37-28-26-23-20-17-14-11-8-2/h23,26,53,56,62-63H,7-22,24-25,27-52,54-55,57-61H2,1-6H3,(H-,66,68,70,71)/p+1/b26-23-,56-53-. The van der Waals surface area contributed by atoms with Crippen LogP contribution in [0.15, 0.2) is 24.3 Å². The van der Waals surface area contributed by atoms with Crippen LogP contribution < -0.4 is 5.32 Å². The average molecular weight is 1080 g/mol. The molecule has 10 heteroatoms. The van der Waals surface area contributed by atoms with E-state index >= 15 is 0 Å². The van der Waals surface area contributed by atoms with Gasteiger partial charge in [0.2, 0.25) is 5.91 Å². The van der Waals surface area contributed by atoms with Crippen LogP contribution in [0.25, 0.3) is 0 Å². The second kappa shape index (κ2) is 55.8. The molecule has 0 rings (SSSR count). The van der Waals surface area contributed by atoms with E-state index in [0.717, 1.165) is 57.8 Å². The number of phosphoric ester groups is 1. The second-order valence-electron chi connectivity index (χ2n) is 23.6. The van der Waals surface area contributed by atoms with Crippen molar-refractivity contribution in [1.29, 1.82) is 0 Å². The van der Waals surface area contributed by atoms with E-state index in [4.69, 9.17) is 13.8 Å². The summed E-state index contributed by atoms with van der Waals surface area (Å²) in [5, 5.41) is 3.06. The van der Waals surface area contributed by atoms with Crippen LogP contribution in [0.2, 0.25) is 0 Å². The minimum atomic E-state index is -4.44. The fraction of sp³-hybridized carbons (Fsp3) is 0.908. The molecule has 0 aromatic rings. The van der Waals surface area contributed by atoms with E-state index in [0.29, 0.717) is 23.9 Å². The molecule has 0 aromatic heterocycles. The van der Waals surface area contributed by atoms with Gasteiger partial charge in [0.25, 0.3) is 0 Å². The van der Waals surface area contributed by atoms with E-state index in [2.05, 4.69) is 38.2 Å². The zero-order valence-corrected chi connectivity index (χ0v) is 51.7. The van der Waals surface area contributed by atoms with Crippen LogP contribution in [-0.2, 0) is 27.9 Å². The number of nitrogens with zero attached hydrogens (tertiary/aromatic N) is 1. The fourth-order valence-corrected chi connectivity index (χ4v) is 10.6. The Morgan fingerprint density at radius 2 is 0.773 bits per heavy atom. The van der Waals surface area contributed by atoms with Crippen molar-refractivity contribution in [3.05, 3.63) is 24.3 Å². The van der Waals surface area contributed by atoms with Crippen molar-refractivity contribution in [2.24, 2.45) is 0 Å². The minimum absolute atomic E-state index is 0.0432. The third-order valence-electron chi connectivity index (χ3n) is 14.9. The van der Waals surface area contributed by atoms with Crippen molar-refractivity contribution < 1.29 is 37.3 Å². The number of allylic oxidation sites excluding steroid dienone is 3. The van der Waals surface area contributed by atoms with Gasteiger partial charge in [-0.1, -0.05) is 283 Å². The molecule has 75 heavy (non-hydrogen) atoms. The van der Waals surface area contributed by atoms with E-state index in [9.17, 15) is 19.0 Å². The number of unbranched alkanes of at least 4 members (excludes halogenated alkanes) is 42. The maximum atomic E-state index is 13.6. The van der Waals surface area contributed by atoms with Crippen LogP contribution in [-0.4, -0.2) is 74.3 Å². The molecular formula is C65H128N2O7P+. The highest BCUT2D eigenvalue weighted by molar-refractivity contribution is 7.47. The topological polar surface area (TPSA) is 111 Å². The van der Waals surface area contributed by atoms with Gasteiger partial charge in [0.15, 0.2) is 0 Å². The normalized spacial score (nSPS) is 13.7. The Balaban J connectivity index is 5.06. The summed E-state index contributed by atoms with van der Waals surface area (Å²) >= 11 is 0. The largest absolute Gasteiger partial charge is 0.472 e. The first-order chi connectivity index (χ1) is 36.4. The highest BCUT2D eigenvalue weighted by Crippen LogP contribution is 2.43. The van der Waals surface area contributed by atoms with Crippen molar-refractivity contribution in [1.82, 2.24) is 5.32 Å². The highest BCUT2D eigenvalue weighted by Gasteiger charge is 2.30. The lowest BCUT2D eigenvalue weighted by Crippen LogP contribution is -2.47. The molecule has 0 aliphatic heterocycles. The molecule has 444 valence electrons. The molecule has 0 aliphatic rings. The van der Waals surface area contributed by atoms with Crippen LogP contribution in [0.3, 0.4) is 0 Å². The molecule has 0 saturated heterocycles. The quantitative estimate of drug-likeness (QED) is 0.0205. The van der Waals surface area contributed by atoms with Gasteiger partial charge in [-0.15, -0.1) is 0 Å². The zero-order chi connectivity index (χ0) is 55.0. The molecule has 2 N–H and O–H groups in total. The van der Waals surface area contributed by atoms with Crippen molar-refractivity contribution >= 4 is 19.7 Å². The number of phosphoric acid groups is 1. The molecule has 0 fully saturated rings. The molecule has 9 nitrogen and oxygen atoms in total. The molecular weight excluding hydrogens is 952 g/mol. The van der Waals surface area contributed by atoms with Crippen LogP contribution in [0.5, 0.6) is 0 Å². The van der Waals surface area contributed by atoms with Crippen molar-refractivity contribution in [2.45, 2.75) is 341 Å². The minimum Gasteiger partial charge on any atom is -0.456 e. The van der Waals surface area contributed by atoms with Crippen LogP contribution >= 0.6 is 7.82 Å². The Kier molecular flexibility index (Phi) is 54.7. The summed E-state index contributed by atoms with van der Waals surface area (Å²) in [5.74, 6) is -0.493. The molecule has 0 saturated carbocycles. The summed E-state index contributed by atoms with van der Waals surface area (Å²) in [6, 6.07) is -0.844. The van der Waals surface area contributed by atoms with E-state index < -0.39 is 20.0 Å². The van der Waals surface area contributed by atoms with Gasteiger partial charge in [0, 0.05) is 12.8 Å². The fourth-order valence-electron chi connectivity index (χ4n) is 9.82. The van der Waals surface area contributed by atoms with Gasteiger partial charge in [0.05, 0.1) is 33.8 Å². The lowest BCUT2D eigenvalue weighted by atomic mass is 10.0. The van der Waals surface area contributed by atoms with Gasteiger partial charge < -0.3 is 19.4 Å². The summed E-state index contributed by atoms with van der Waals surface area (Å²) < 4.78 is 30.7. The molecule has 0 heterocycles. The Morgan fingerprint density at radius 1 is 0.453 bits per heavy atom. The number of nitrogens with one attached hydrogen (secondary N) is 1. The number of carbonyl (C=O) groups is 2. The Morgan fingerprint density at radius 3 is 1.15 bits per heavy atom. The van der Waals surface area contributed by atoms with Gasteiger partial charge in [-0.25, -0.2) is 4.57 Å². The number of quaternary nitrogens is 1. The lowest BCUT2D eigenvalue weighted by molar-refractivity contribution is -0.870. The summed E-state index contributed by atoms with van der Waals surface area (Å²) in [6.45, 7) is 7.04.